The van der Waals surface area contributed by atoms with Gasteiger partial charge in [0.25, 0.3) is 5.91 Å². The minimum Gasteiger partial charge on any atom is -0.345 e. The Balaban J connectivity index is 1.89. The minimum atomic E-state index is -4.52. The number of aliphatic imine (C=N–C) groups is 1. The number of hydrogen-bond donors (Lipinski definition) is 1. The van der Waals surface area contributed by atoms with Crippen molar-refractivity contribution >= 4 is 11.7 Å². The molecule has 1 N–H and O–H groups in total. The van der Waals surface area contributed by atoms with Gasteiger partial charge in [-0.15, -0.1) is 0 Å². The van der Waals surface area contributed by atoms with Gasteiger partial charge in [0.05, 0.1) is 6.10 Å². The van der Waals surface area contributed by atoms with Crippen molar-refractivity contribution in [2.45, 2.75) is 64.5 Å². The molecule has 1 aliphatic carbocycles. The van der Waals surface area contributed by atoms with Gasteiger partial charge >= 0.3 is 6.18 Å². The molecule has 1 saturated carbocycles. The Bertz CT molecular complexity index is 707. The minimum absolute atomic E-state index is 0.150. The first kappa shape index (κ1) is 19.7. The highest BCUT2D eigenvalue weighted by atomic mass is 19.4. The third-order valence-corrected chi connectivity index (χ3v) is 4.67. The highest BCUT2D eigenvalue weighted by Gasteiger charge is 2.40. The van der Waals surface area contributed by atoms with Crippen LogP contribution in [0.4, 0.5) is 13.2 Å². The average molecular weight is 383 g/mol. The van der Waals surface area contributed by atoms with E-state index in [1.165, 1.54) is 0 Å². The summed E-state index contributed by atoms with van der Waals surface area (Å²) in [5.41, 5.74) is 5.07. The second kappa shape index (κ2) is 7.88. The molecule has 3 rings (SSSR count). The zero-order valence-corrected chi connectivity index (χ0v) is 15.5. The Morgan fingerprint density at radius 3 is 2.37 bits per heavy atom. The molecule has 0 aromatic heterocycles. The summed E-state index contributed by atoms with van der Waals surface area (Å²) in [7, 11) is 0. The van der Waals surface area contributed by atoms with Crippen LogP contribution in [0, 0.1) is 13.8 Å². The fourth-order valence-electron chi connectivity index (χ4n) is 3.54. The fraction of sp³-hybridized carbons (Fsp3) is 0.579. The molecule has 1 aliphatic heterocycles. The molecule has 0 bridgehead atoms. The molecule has 5 nitrogen and oxygen atoms in total. The van der Waals surface area contributed by atoms with Crippen molar-refractivity contribution in [2.75, 3.05) is 6.54 Å². The highest BCUT2D eigenvalue weighted by molar-refractivity contribution is 6.03. The molecular weight excluding hydrogens is 359 g/mol. The maximum Gasteiger partial charge on any atom is 0.408 e. The largest absolute Gasteiger partial charge is 0.408 e. The molecule has 1 fully saturated rings. The summed E-state index contributed by atoms with van der Waals surface area (Å²) in [5.74, 6) is -0.600. The molecule has 8 heteroatoms. The van der Waals surface area contributed by atoms with E-state index in [0.29, 0.717) is 10.6 Å². The number of benzene rings is 1. The Morgan fingerprint density at radius 1 is 1.15 bits per heavy atom. The smallest absolute Gasteiger partial charge is 0.345 e. The van der Waals surface area contributed by atoms with Crippen molar-refractivity contribution < 1.29 is 22.7 Å². The van der Waals surface area contributed by atoms with Crippen LogP contribution in [0.3, 0.4) is 0 Å². The van der Waals surface area contributed by atoms with Gasteiger partial charge in [0.15, 0.2) is 5.84 Å². The summed E-state index contributed by atoms with van der Waals surface area (Å²) in [6, 6.07) is 5.59. The van der Waals surface area contributed by atoms with Gasteiger partial charge in [0.1, 0.15) is 6.54 Å². The van der Waals surface area contributed by atoms with Gasteiger partial charge < -0.3 is 4.74 Å². The van der Waals surface area contributed by atoms with Crippen molar-refractivity contribution in [3.63, 3.8) is 0 Å². The zero-order chi connectivity index (χ0) is 19.6. The standard InChI is InChI=1S/C19H24F3N3O2/c1-12-8-13(2)10-14(9-12)16-23-17(27-15-6-4-3-5-7-15)18(26)25(24-16)11-19(20,21)22/h8-10,15,17H,3-7,11H2,1-2H3,(H,23,24). The van der Waals surface area contributed by atoms with Crippen LogP contribution in [0.15, 0.2) is 23.2 Å². The van der Waals surface area contributed by atoms with Crippen LogP contribution < -0.4 is 5.43 Å². The van der Waals surface area contributed by atoms with Crippen LogP contribution in [-0.4, -0.2) is 41.8 Å². The second-order valence-corrected chi connectivity index (χ2v) is 7.25. The van der Waals surface area contributed by atoms with Crippen molar-refractivity contribution in [3.8, 4) is 0 Å². The molecule has 1 atom stereocenters. The van der Waals surface area contributed by atoms with Gasteiger partial charge in [-0.1, -0.05) is 36.5 Å². The highest BCUT2D eigenvalue weighted by Crippen LogP contribution is 2.25. The molecule has 0 radical (unpaired) electrons. The number of nitrogens with one attached hydrogen (secondary N) is 1. The number of hydrogen-bond acceptors (Lipinski definition) is 4. The second-order valence-electron chi connectivity index (χ2n) is 7.25. The topological polar surface area (TPSA) is 53.9 Å². The molecule has 27 heavy (non-hydrogen) atoms. The van der Waals surface area contributed by atoms with E-state index in [2.05, 4.69) is 10.4 Å². The summed E-state index contributed by atoms with van der Waals surface area (Å²) in [6.45, 7) is 2.39. The molecule has 148 valence electrons. The predicted octanol–water partition coefficient (Wildman–Crippen LogP) is 3.63. The van der Waals surface area contributed by atoms with E-state index in [1.54, 1.807) is 0 Å². The normalized spacial score (nSPS) is 21.8. The predicted molar refractivity (Wildman–Crippen MR) is 95.1 cm³/mol. The first-order valence-corrected chi connectivity index (χ1v) is 9.18. The number of aryl methyl sites for hydroxylation is 2. The van der Waals surface area contributed by atoms with Gasteiger partial charge in [-0.3, -0.25) is 10.2 Å². The Kier molecular flexibility index (Phi) is 5.74. The number of nitrogens with zero attached hydrogens (tertiary/aromatic N) is 2. The Morgan fingerprint density at radius 2 is 1.78 bits per heavy atom. The van der Waals surface area contributed by atoms with Crippen molar-refractivity contribution in [2.24, 2.45) is 4.99 Å². The summed E-state index contributed by atoms with van der Waals surface area (Å²) < 4.78 is 44.6. The lowest BCUT2D eigenvalue weighted by Crippen LogP contribution is -2.58. The lowest BCUT2D eigenvalue weighted by atomic mass is 9.98. The number of halogens is 3. The molecule has 1 unspecified atom stereocenters. The zero-order valence-electron chi connectivity index (χ0n) is 15.5. The number of amidine groups is 1. The van der Waals surface area contributed by atoms with Crippen molar-refractivity contribution in [1.82, 2.24) is 10.4 Å². The SMILES string of the molecule is Cc1cc(C)cc(C2=NC(OC3CCCCC3)C(=O)N(CC(F)(F)F)N2)c1. The van der Waals surface area contributed by atoms with E-state index in [9.17, 15) is 18.0 Å². The van der Waals surface area contributed by atoms with E-state index < -0.39 is 24.9 Å². The van der Waals surface area contributed by atoms with Crippen molar-refractivity contribution in [1.29, 1.82) is 0 Å². The van der Waals surface area contributed by atoms with E-state index in [-0.39, 0.29) is 11.9 Å². The molecule has 0 saturated heterocycles. The third kappa shape index (κ3) is 5.22. The number of rotatable bonds is 4. The van der Waals surface area contributed by atoms with Crippen LogP contribution in [0.1, 0.15) is 48.8 Å². The van der Waals surface area contributed by atoms with Gasteiger partial charge in [0.2, 0.25) is 6.23 Å². The Hall–Kier alpha value is -2.09. The van der Waals surface area contributed by atoms with Crippen LogP contribution in [-0.2, 0) is 9.53 Å². The summed E-state index contributed by atoms with van der Waals surface area (Å²) in [4.78, 5) is 16.8. The van der Waals surface area contributed by atoms with Crippen LogP contribution in [0.2, 0.25) is 0 Å². The molecule has 2 aliphatic rings. The van der Waals surface area contributed by atoms with Gasteiger partial charge in [0, 0.05) is 5.56 Å². The number of hydrazine groups is 1. The Labute approximate surface area is 156 Å². The number of carbonyl (C=O) groups is 1. The van der Waals surface area contributed by atoms with Crippen LogP contribution in [0.5, 0.6) is 0 Å². The summed E-state index contributed by atoms with van der Waals surface area (Å²) in [6.07, 6.45) is -1.25. The maximum atomic E-state index is 12.9. The quantitative estimate of drug-likeness (QED) is 0.864. The molecule has 1 heterocycles. The number of ether oxygens (including phenoxy) is 1. The first-order valence-electron chi connectivity index (χ1n) is 9.18. The number of amides is 1. The van der Waals surface area contributed by atoms with Gasteiger partial charge in [-0.25, -0.2) is 10.0 Å². The fourth-order valence-corrected chi connectivity index (χ4v) is 3.54. The maximum absolute atomic E-state index is 12.9. The average Bonchev–Trinajstić information content (AvgIpc) is 2.57. The molecule has 0 spiro atoms. The monoisotopic (exact) mass is 383 g/mol. The molecule has 1 aromatic rings. The van der Waals surface area contributed by atoms with Crippen LogP contribution in [0.25, 0.3) is 0 Å². The van der Waals surface area contributed by atoms with E-state index in [1.807, 2.05) is 32.0 Å². The first-order chi connectivity index (χ1) is 12.7. The molecular formula is C19H24F3N3O2. The summed E-state index contributed by atoms with van der Waals surface area (Å²) in [5, 5.41) is 0.563. The third-order valence-electron chi connectivity index (χ3n) is 4.67. The van der Waals surface area contributed by atoms with Gasteiger partial charge in [-0.05, 0) is 38.8 Å². The lowest BCUT2D eigenvalue weighted by Gasteiger charge is -2.34. The van der Waals surface area contributed by atoms with Crippen LogP contribution >= 0.6 is 0 Å². The van der Waals surface area contributed by atoms with E-state index in [4.69, 9.17) is 4.74 Å². The van der Waals surface area contributed by atoms with E-state index in [0.717, 1.165) is 43.2 Å². The molecule has 1 amide bonds. The van der Waals surface area contributed by atoms with Gasteiger partial charge in [-0.2, -0.15) is 13.2 Å². The molecule has 1 aromatic carbocycles. The number of alkyl halides is 3. The summed E-state index contributed by atoms with van der Waals surface area (Å²) >= 11 is 0. The van der Waals surface area contributed by atoms with Crippen molar-refractivity contribution in [3.05, 3.63) is 34.9 Å². The van der Waals surface area contributed by atoms with E-state index >= 15 is 0 Å². The lowest BCUT2D eigenvalue weighted by molar-refractivity contribution is -0.176. The number of carbonyl (C=O) groups excluding carboxylic acids is 1.